The van der Waals surface area contributed by atoms with E-state index in [1.165, 1.54) is 0 Å². The first-order valence-electron chi connectivity index (χ1n) is 10.8. The number of carboxylic acids is 1. The Labute approximate surface area is 189 Å². The number of benzene rings is 2. The maximum absolute atomic E-state index is 13.5. The summed E-state index contributed by atoms with van der Waals surface area (Å²) in [4.78, 5) is 35.6. The zero-order valence-electron chi connectivity index (χ0n) is 17.9. The van der Waals surface area contributed by atoms with Crippen LogP contribution >= 0.6 is 0 Å². The highest BCUT2D eigenvalue weighted by Crippen LogP contribution is 2.54. The first kappa shape index (κ1) is 22.7. The highest BCUT2D eigenvalue weighted by atomic mass is 19.3. The molecular formula is C24H24F2N2O5. The summed E-state index contributed by atoms with van der Waals surface area (Å²) in [6.07, 6.45) is -0.585. The molecule has 0 saturated heterocycles. The van der Waals surface area contributed by atoms with Crippen LogP contribution in [0.5, 0.6) is 0 Å². The highest BCUT2D eigenvalue weighted by Gasteiger charge is 2.72. The normalized spacial score (nSPS) is 20.8. The minimum absolute atomic E-state index is 0.0759. The Morgan fingerprint density at radius 3 is 2.15 bits per heavy atom. The van der Waals surface area contributed by atoms with E-state index in [4.69, 9.17) is 9.84 Å². The molecule has 3 N–H and O–H groups in total. The zero-order valence-corrected chi connectivity index (χ0v) is 17.9. The van der Waals surface area contributed by atoms with E-state index in [9.17, 15) is 23.2 Å². The number of ether oxygens (including phenoxy) is 1. The molecular weight excluding hydrogens is 434 g/mol. The summed E-state index contributed by atoms with van der Waals surface area (Å²) in [6.45, 7) is 1.25. The van der Waals surface area contributed by atoms with Crippen molar-refractivity contribution in [2.45, 2.75) is 31.2 Å². The van der Waals surface area contributed by atoms with Gasteiger partial charge in [0.05, 0.1) is 5.92 Å². The average Bonchev–Trinajstić information content (AvgIpc) is 3.21. The number of fused-ring (bicyclic) bond motifs is 3. The average molecular weight is 458 g/mol. The van der Waals surface area contributed by atoms with Gasteiger partial charge in [0.15, 0.2) is 0 Å². The minimum Gasteiger partial charge on any atom is -0.481 e. The van der Waals surface area contributed by atoms with Gasteiger partial charge in [-0.2, -0.15) is 0 Å². The molecule has 2 amide bonds. The summed E-state index contributed by atoms with van der Waals surface area (Å²) < 4.78 is 32.4. The number of halogens is 2. The van der Waals surface area contributed by atoms with Gasteiger partial charge in [0.25, 0.3) is 5.92 Å². The summed E-state index contributed by atoms with van der Waals surface area (Å²) in [5, 5.41) is 13.6. The van der Waals surface area contributed by atoms with Gasteiger partial charge >= 0.3 is 12.1 Å². The minimum atomic E-state index is -3.35. The van der Waals surface area contributed by atoms with Crippen molar-refractivity contribution in [1.82, 2.24) is 10.6 Å². The number of amides is 2. The number of nitrogens with one attached hydrogen (secondary N) is 2. The number of hydrogen-bond donors (Lipinski definition) is 3. The molecule has 0 aliphatic heterocycles. The van der Waals surface area contributed by atoms with Crippen LogP contribution in [0.25, 0.3) is 11.1 Å². The first-order chi connectivity index (χ1) is 15.8. The fourth-order valence-electron chi connectivity index (χ4n) is 4.45. The van der Waals surface area contributed by atoms with Crippen LogP contribution in [-0.2, 0) is 14.3 Å². The smallest absolute Gasteiger partial charge is 0.407 e. The van der Waals surface area contributed by atoms with E-state index in [0.29, 0.717) is 0 Å². The number of alkyl halides is 2. The van der Waals surface area contributed by atoms with Crippen molar-refractivity contribution in [3.8, 4) is 11.1 Å². The van der Waals surface area contributed by atoms with Crippen LogP contribution in [0.3, 0.4) is 0 Å². The molecule has 9 heteroatoms. The summed E-state index contributed by atoms with van der Waals surface area (Å²) in [7, 11) is 0. The number of hydrogen-bond acceptors (Lipinski definition) is 4. The van der Waals surface area contributed by atoms with Gasteiger partial charge in [-0.3, -0.25) is 9.59 Å². The van der Waals surface area contributed by atoms with E-state index in [-0.39, 0.29) is 18.9 Å². The summed E-state index contributed by atoms with van der Waals surface area (Å²) in [5.74, 6) is -9.00. The van der Waals surface area contributed by atoms with E-state index >= 15 is 0 Å². The maximum Gasteiger partial charge on any atom is 0.407 e. The van der Waals surface area contributed by atoms with Crippen molar-refractivity contribution in [3.63, 3.8) is 0 Å². The molecule has 1 fully saturated rings. The molecule has 0 bridgehead atoms. The second kappa shape index (κ2) is 8.80. The molecule has 2 aliphatic carbocycles. The molecule has 7 nitrogen and oxygen atoms in total. The van der Waals surface area contributed by atoms with Crippen LogP contribution < -0.4 is 10.6 Å². The lowest BCUT2D eigenvalue weighted by Crippen LogP contribution is -2.47. The predicted octanol–water partition coefficient (Wildman–Crippen LogP) is 3.39. The van der Waals surface area contributed by atoms with Crippen molar-refractivity contribution in [2.24, 2.45) is 11.8 Å². The van der Waals surface area contributed by atoms with Crippen molar-refractivity contribution >= 4 is 18.0 Å². The first-order valence-corrected chi connectivity index (χ1v) is 10.8. The fourth-order valence-corrected chi connectivity index (χ4v) is 4.45. The summed E-state index contributed by atoms with van der Waals surface area (Å²) >= 11 is 0. The monoisotopic (exact) mass is 458 g/mol. The van der Waals surface area contributed by atoms with E-state index in [1.54, 1.807) is 6.92 Å². The zero-order chi connectivity index (χ0) is 23.8. The SMILES string of the molecule is CC[C@H](NC(=O)OCC1c2ccccc2-c2ccccc21)C(=O)NCC1C(C(=O)O)C1(F)F. The Morgan fingerprint density at radius 1 is 1.06 bits per heavy atom. The van der Waals surface area contributed by atoms with Gasteiger partial charge in [-0.1, -0.05) is 55.5 Å². The lowest BCUT2D eigenvalue weighted by Gasteiger charge is -2.18. The Balaban J connectivity index is 1.32. The molecule has 2 unspecified atom stereocenters. The van der Waals surface area contributed by atoms with Gasteiger partial charge in [0.2, 0.25) is 5.91 Å². The third kappa shape index (κ3) is 4.27. The standard InChI is InChI=1S/C24H24F2N2O5/c1-2-19(21(29)27-11-18-20(22(30)31)24(18,25)26)28-23(32)33-12-17-15-9-5-3-7-13(15)14-8-4-6-10-16(14)17/h3-10,17-20H,2,11-12H2,1H3,(H,27,29)(H,28,32)(H,30,31)/t18?,19-,20?/m0/s1. The van der Waals surface area contributed by atoms with Gasteiger partial charge in [0.1, 0.15) is 18.6 Å². The number of carboxylic acid groups (broad SMARTS) is 1. The molecule has 2 aromatic rings. The molecule has 4 rings (SSSR count). The summed E-state index contributed by atoms with van der Waals surface area (Å²) in [6, 6.07) is 14.8. The van der Waals surface area contributed by atoms with Gasteiger partial charge in [-0.15, -0.1) is 0 Å². The maximum atomic E-state index is 13.5. The molecule has 0 heterocycles. The lowest BCUT2D eigenvalue weighted by molar-refractivity contribution is -0.141. The molecule has 0 spiro atoms. The molecule has 174 valence electrons. The Hall–Kier alpha value is -3.49. The Bertz CT molecular complexity index is 1040. The van der Waals surface area contributed by atoms with Crippen molar-refractivity contribution in [3.05, 3.63) is 59.7 Å². The molecule has 3 atom stereocenters. The van der Waals surface area contributed by atoms with Gasteiger partial charge < -0.3 is 20.5 Å². The number of alkyl carbamates (subject to hydrolysis) is 1. The predicted molar refractivity (Wildman–Crippen MR) is 115 cm³/mol. The molecule has 0 aromatic heterocycles. The molecule has 1 saturated carbocycles. The Morgan fingerprint density at radius 2 is 1.64 bits per heavy atom. The lowest BCUT2D eigenvalue weighted by atomic mass is 9.98. The molecule has 33 heavy (non-hydrogen) atoms. The van der Waals surface area contributed by atoms with Crippen LogP contribution in [0.2, 0.25) is 0 Å². The molecule has 2 aliphatic rings. The van der Waals surface area contributed by atoms with Crippen LogP contribution in [-0.4, -0.2) is 48.2 Å². The number of rotatable bonds is 8. The van der Waals surface area contributed by atoms with Gasteiger partial charge in [0, 0.05) is 12.5 Å². The van der Waals surface area contributed by atoms with Crippen molar-refractivity contribution in [2.75, 3.05) is 13.2 Å². The molecule has 0 radical (unpaired) electrons. The second-order valence-corrected chi connectivity index (χ2v) is 8.27. The van der Waals surface area contributed by atoms with Crippen LogP contribution in [0.4, 0.5) is 13.6 Å². The number of aliphatic carboxylic acids is 1. The third-order valence-corrected chi connectivity index (χ3v) is 6.33. The van der Waals surface area contributed by atoms with E-state index in [1.807, 2.05) is 48.5 Å². The van der Waals surface area contributed by atoms with Crippen molar-refractivity contribution in [1.29, 1.82) is 0 Å². The van der Waals surface area contributed by atoms with Crippen LogP contribution in [0.1, 0.15) is 30.4 Å². The highest BCUT2D eigenvalue weighted by molar-refractivity contribution is 5.86. The van der Waals surface area contributed by atoms with Crippen LogP contribution in [0, 0.1) is 11.8 Å². The van der Waals surface area contributed by atoms with Gasteiger partial charge in [-0.05, 0) is 28.7 Å². The van der Waals surface area contributed by atoms with E-state index in [2.05, 4.69) is 10.6 Å². The topological polar surface area (TPSA) is 105 Å². The van der Waals surface area contributed by atoms with E-state index < -0.39 is 48.3 Å². The number of carbonyl (C=O) groups excluding carboxylic acids is 2. The Kier molecular flexibility index (Phi) is 6.05. The molecule has 2 aromatic carbocycles. The van der Waals surface area contributed by atoms with E-state index in [0.717, 1.165) is 22.3 Å². The number of carbonyl (C=O) groups is 3. The van der Waals surface area contributed by atoms with Crippen LogP contribution in [0.15, 0.2) is 48.5 Å². The quantitative estimate of drug-likeness (QED) is 0.563. The largest absolute Gasteiger partial charge is 0.481 e. The summed E-state index contributed by atoms with van der Waals surface area (Å²) in [5.41, 5.74) is 4.28. The third-order valence-electron chi connectivity index (χ3n) is 6.33. The fraction of sp³-hybridized carbons (Fsp3) is 0.375. The second-order valence-electron chi connectivity index (χ2n) is 8.27. The van der Waals surface area contributed by atoms with Crippen molar-refractivity contribution < 1.29 is 33.0 Å². The van der Waals surface area contributed by atoms with Gasteiger partial charge in [-0.25, -0.2) is 13.6 Å².